The number of piperidine rings is 1. The normalized spacial score (nSPS) is 20.5. The maximum atomic E-state index is 10.4. The molecule has 1 aliphatic heterocycles. The molecule has 0 saturated carbocycles. The monoisotopic (exact) mass is 213 g/mol. The largest absolute Gasteiger partial charge is 0.481 e. The molecule has 0 spiro atoms. The van der Waals surface area contributed by atoms with Crippen molar-refractivity contribution in [2.45, 2.75) is 40.0 Å². The second-order valence-electron chi connectivity index (χ2n) is 5.63. The Labute approximate surface area is 92.5 Å². The molecule has 0 aromatic carbocycles. The maximum absolute atomic E-state index is 10.4. The van der Waals surface area contributed by atoms with Gasteiger partial charge in [0.15, 0.2) is 0 Å². The summed E-state index contributed by atoms with van der Waals surface area (Å²) in [6, 6.07) is 0. The minimum Gasteiger partial charge on any atom is -0.481 e. The molecule has 0 aromatic rings. The van der Waals surface area contributed by atoms with E-state index < -0.39 is 5.97 Å². The summed E-state index contributed by atoms with van der Waals surface area (Å²) in [4.78, 5) is 12.7. The summed E-state index contributed by atoms with van der Waals surface area (Å²) in [7, 11) is 0. The molecule has 0 radical (unpaired) electrons. The number of likely N-dealkylation sites (tertiary alicyclic amines) is 1. The number of nitrogens with zero attached hydrogens (tertiary/aromatic N) is 1. The molecule has 1 aliphatic rings. The molecule has 3 nitrogen and oxygen atoms in total. The lowest BCUT2D eigenvalue weighted by Crippen LogP contribution is -2.38. The van der Waals surface area contributed by atoms with Crippen molar-refractivity contribution in [3.8, 4) is 0 Å². The third-order valence-electron chi connectivity index (χ3n) is 3.45. The summed E-state index contributed by atoms with van der Waals surface area (Å²) in [6.45, 7) is 9.73. The smallest absolute Gasteiger partial charge is 0.304 e. The van der Waals surface area contributed by atoms with E-state index >= 15 is 0 Å². The van der Waals surface area contributed by atoms with Crippen LogP contribution in [0, 0.1) is 11.3 Å². The molecule has 0 aliphatic carbocycles. The van der Waals surface area contributed by atoms with Crippen LogP contribution in [0.3, 0.4) is 0 Å². The van der Waals surface area contributed by atoms with Gasteiger partial charge in [0, 0.05) is 6.54 Å². The molecule has 0 unspecified atom stereocenters. The van der Waals surface area contributed by atoms with E-state index in [1.54, 1.807) is 0 Å². The molecule has 15 heavy (non-hydrogen) atoms. The number of rotatable bonds is 3. The van der Waals surface area contributed by atoms with Crippen LogP contribution in [0.5, 0.6) is 0 Å². The first-order valence-corrected chi connectivity index (χ1v) is 5.84. The second kappa shape index (κ2) is 4.97. The SMILES string of the molecule is CC(C)(C)C1CCN(CCC(=O)O)CC1. The predicted molar refractivity (Wildman–Crippen MR) is 60.9 cm³/mol. The topological polar surface area (TPSA) is 40.5 Å². The van der Waals surface area contributed by atoms with Crippen molar-refractivity contribution in [1.29, 1.82) is 0 Å². The molecular formula is C12H23NO2. The first kappa shape index (κ1) is 12.5. The van der Waals surface area contributed by atoms with Gasteiger partial charge in [0.25, 0.3) is 0 Å². The Kier molecular flexibility index (Phi) is 4.14. The van der Waals surface area contributed by atoms with Gasteiger partial charge in [0.2, 0.25) is 0 Å². The second-order valence-corrected chi connectivity index (χ2v) is 5.63. The highest BCUT2D eigenvalue weighted by Crippen LogP contribution is 2.34. The fourth-order valence-electron chi connectivity index (χ4n) is 2.28. The number of carbonyl (C=O) groups is 1. The van der Waals surface area contributed by atoms with E-state index in [4.69, 9.17) is 5.11 Å². The van der Waals surface area contributed by atoms with Crippen LogP contribution in [0.1, 0.15) is 40.0 Å². The summed E-state index contributed by atoms with van der Waals surface area (Å²) in [6.07, 6.45) is 2.70. The lowest BCUT2D eigenvalue weighted by atomic mass is 9.75. The fourth-order valence-corrected chi connectivity index (χ4v) is 2.28. The van der Waals surface area contributed by atoms with Crippen LogP contribution in [0.25, 0.3) is 0 Å². The number of carboxylic acids is 1. The van der Waals surface area contributed by atoms with Gasteiger partial charge < -0.3 is 10.0 Å². The van der Waals surface area contributed by atoms with Gasteiger partial charge in [-0.3, -0.25) is 4.79 Å². The first-order chi connectivity index (χ1) is 6.89. The minimum atomic E-state index is -0.687. The molecule has 0 aromatic heterocycles. The third-order valence-corrected chi connectivity index (χ3v) is 3.45. The van der Waals surface area contributed by atoms with Crippen LogP contribution in [-0.2, 0) is 4.79 Å². The van der Waals surface area contributed by atoms with E-state index in [9.17, 15) is 4.79 Å². The number of aliphatic carboxylic acids is 1. The highest BCUT2D eigenvalue weighted by Gasteiger charge is 2.28. The summed E-state index contributed by atoms with van der Waals surface area (Å²) in [5.41, 5.74) is 0.402. The van der Waals surface area contributed by atoms with Crippen molar-refractivity contribution in [2.75, 3.05) is 19.6 Å². The van der Waals surface area contributed by atoms with E-state index in [1.807, 2.05) is 0 Å². The summed E-state index contributed by atoms with van der Waals surface area (Å²) in [5, 5.41) is 8.60. The van der Waals surface area contributed by atoms with Gasteiger partial charge in [0.1, 0.15) is 0 Å². The van der Waals surface area contributed by atoms with Gasteiger partial charge in [-0.15, -0.1) is 0 Å². The summed E-state index contributed by atoms with van der Waals surface area (Å²) in [5.74, 6) is 0.103. The van der Waals surface area contributed by atoms with Crippen molar-refractivity contribution in [2.24, 2.45) is 11.3 Å². The Bertz CT molecular complexity index is 212. The van der Waals surface area contributed by atoms with Crippen LogP contribution in [0.2, 0.25) is 0 Å². The number of hydrogen-bond acceptors (Lipinski definition) is 2. The van der Waals surface area contributed by atoms with Crippen molar-refractivity contribution in [3.05, 3.63) is 0 Å². The lowest BCUT2D eigenvalue weighted by Gasteiger charge is -2.38. The number of hydrogen-bond donors (Lipinski definition) is 1. The maximum Gasteiger partial charge on any atom is 0.304 e. The van der Waals surface area contributed by atoms with E-state index in [0.29, 0.717) is 12.0 Å². The van der Waals surface area contributed by atoms with Gasteiger partial charge in [0.05, 0.1) is 6.42 Å². The van der Waals surface area contributed by atoms with E-state index in [-0.39, 0.29) is 6.42 Å². The Morgan fingerprint density at radius 1 is 1.33 bits per heavy atom. The molecule has 0 atom stereocenters. The Morgan fingerprint density at radius 2 is 1.87 bits per heavy atom. The molecule has 1 fully saturated rings. The molecule has 0 bridgehead atoms. The van der Waals surface area contributed by atoms with Gasteiger partial charge in [-0.1, -0.05) is 20.8 Å². The van der Waals surface area contributed by atoms with E-state index in [2.05, 4.69) is 25.7 Å². The summed E-state index contributed by atoms with van der Waals surface area (Å²) >= 11 is 0. The Hall–Kier alpha value is -0.570. The third kappa shape index (κ3) is 4.20. The summed E-state index contributed by atoms with van der Waals surface area (Å²) < 4.78 is 0. The molecule has 88 valence electrons. The number of carboxylic acid groups (broad SMARTS) is 1. The van der Waals surface area contributed by atoms with Crippen molar-refractivity contribution in [3.63, 3.8) is 0 Å². The van der Waals surface area contributed by atoms with Crippen molar-refractivity contribution in [1.82, 2.24) is 4.90 Å². The minimum absolute atomic E-state index is 0.278. The average molecular weight is 213 g/mol. The zero-order chi connectivity index (χ0) is 11.5. The molecule has 3 heteroatoms. The van der Waals surface area contributed by atoms with Crippen LogP contribution in [-0.4, -0.2) is 35.6 Å². The molecular weight excluding hydrogens is 190 g/mol. The van der Waals surface area contributed by atoms with Crippen molar-refractivity contribution < 1.29 is 9.90 Å². The molecule has 0 amide bonds. The van der Waals surface area contributed by atoms with Crippen LogP contribution in [0.4, 0.5) is 0 Å². The molecule has 1 rings (SSSR count). The van der Waals surface area contributed by atoms with Gasteiger partial charge in [-0.05, 0) is 37.3 Å². The zero-order valence-electron chi connectivity index (χ0n) is 10.1. The first-order valence-electron chi connectivity index (χ1n) is 5.84. The Morgan fingerprint density at radius 3 is 2.27 bits per heavy atom. The standard InChI is InChI=1S/C12H23NO2/c1-12(2,3)10-4-7-13(8-5-10)9-6-11(14)15/h10H,4-9H2,1-3H3,(H,14,15). The van der Waals surface area contributed by atoms with Gasteiger partial charge in [-0.2, -0.15) is 0 Å². The van der Waals surface area contributed by atoms with Gasteiger partial charge >= 0.3 is 5.97 Å². The Balaban J connectivity index is 2.27. The fraction of sp³-hybridized carbons (Fsp3) is 0.917. The van der Waals surface area contributed by atoms with E-state index in [0.717, 1.165) is 19.0 Å². The van der Waals surface area contributed by atoms with E-state index in [1.165, 1.54) is 12.8 Å². The van der Waals surface area contributed by atoms with Gasteiger partial charge in [-0.25, -0.2) is 0 Å². The van der Waals surface area contributed by atoms with Crippen LogP contribution in [0.15, 0.2) is 0 Å². The average Bonchev–Trinajstić information content (AvgIpc) is 2.14. The highest BCUT2D eigenvalue weighted by molar-refractivity contribution is 5.66. The predicted octanol–water partition coefficient (Wildman–Crippen LogP) is 2.22. The quantitative estimate of drug-likeness (QED) is 0.781. The zero-order valence-corrected chi connectivity index (χ0v) is 10.1. The highest BCUT2D eigenvalue weighted by atomic mass is 16.4. The molecule has 1 saturated heterocycles. The van der Waals surface area contributed by atoms with Crippen molar-refractivity contribution >= 4 is 5.97 Å². The molecule has 1 N–H and O–H groups in total. The van der Waals surface area contributed by atoms with Crippen LogP contribution < -0.4 is 0 Å². The lowest BCUT2D eigenvalue weighted by molar-refractivity contribution is -0.137. The van der Waals surface area contributed by atoms with Crippen LogP contribution >= 0.6 is 0 Å². The molecule has 1 heterocycles.